The highest BCUT2D eigenvalue weighted by Crippen LogP contribution is 2.37. The van der Waals surface area contributed by atoms with Crippen LogP contribution in [0.3, 0.4) is 0 Å². The Morgan fingerprint density at radius 1 is 1.31 bits per heavy atom. The van der Waals surface area contributed by atoms with Crippen LogP contribution in [0.5, 0.6) is 5.75 Å². The molecule has 1 aromatic carbocycles. The van der Waals surface area contributed by atoms with Crippen molar-refractivity contribution in [3.63, 3.8) is 0 Å². The molecule has 0 unspecified atom stereocenters. The Morgan fingerprint density at radius 3 is 2.23 bits per heavy atom. The first kappa shape index (κ1) is 10.7. The van der Waals surface area contributed by atoms with E-state index in [1.165, 1.54) is 12.1 Å². The van der Waals surface area contributed by atoms with Gasteiger partial charge in [0.25, 0.3) is 0 Å². The SMILES string of the molecule is O=P(O)(O)Oc1ccc(CBr)cc1. The van der Waals surface area contributed by atoms with Gasteiger partial charge in [0.1, 0.15) is 5.75 Å². The van der Waals surface area contributed by atoms with Gasteiger partial charge in [0.2, 0.25) is 0 Å². The first-order valence-corrected chi connectivity index (χ1v) is 6.06. The quantitative estimate of drug-likeness (QED) is 0.649. The second kappa shape index (κ2) is 4.24. The summed E-state index contributed by atoms with van der Waals surface area (Å²) in [5.41, 5.74) is 1.01. The number of halogens is 1. The summed E-state index contributed by atoms with van der Waals surface area (Å²) in [7, 11) is -4.42. The van der Waals surface area contributed by atoms with Crippen LogP contribution in [0.4, 0.5) is 0 Å². The highest BCUT2D eigenvalue weighted by atomic mass is 79.9. The molecule has 0 aliphatic rings. The van der Waals surface area contributed by atoms with Gasteiger partial charge in [0.05, 0.1) is 0 Å². The van der Waals surface area contributed by atoms with Crippen LogP contribution < -0.4 is 4.52 Å². The third-order valence-corrected chi connectivity index (χ3v) is 2.40. The predicted molar refractivity (Wildman–Crippen MR) is 51.7 cm³/mol. The Kier molecular flexibility index (Phi) is 3.50. The Hall–Kier alpha value is -0.350. The summed E-state index contributed by atoms with van der Waals surface area (Å²) in [4.78, 5) is 17.0. The van der Waals surface area contributed by atoms with Crippen molar-refractivity contribution in [2.75, 3.05) is 0 Å². The summed E-state index contributed by atoms with van der Waals surface area (Å²) in [6.07, 6.45) is 0. The van der Waals surface area contributed by atoms with Crippen LogP contribution in [0.15, 0.2) is 24.3 Å². The van der Waals surface area contributed by atoms with Crippen molar-refractivity contribution in [2.24, 2.45) is 0 Å². The number of alkyl halides is 1. The lowest BCUT2D eigenvalue weighted by Gasteiger charge is -2.06. The molecule has 2 N–H and O–H groups in total. The van der Waals surface area contributed by atoms with E-state index in [9.17, 15) is 4.57 Å². The van der Waals surface area contributed by atoms with Crippen LogP contribution in [0.25, 0.3) is 0 Å². The van der Waals surface area contributed by atoms with E-state index in [1.54, 1.807) is 12.1 Å². The van der Waals surface area contributed by atoms with Crippen LogP contribution >= 0.6 is 23.8 Å². The van der Waals surface area contributed by atoms with Crippen LogP contribution in [0.1, 0.15) is 5.56 Å². The minimum absolute atomic E-state index is 0.165. The molecule has 0 saturated heterocycles. The number of phosphoric ester groups is 1. The Bertz CT molecular complexity index is 318. The van der Waals surface area contributed by atoms with Gasteiger partial charge in [-0.15, -0.1) is 0 Å². The molecule has 0 heterocycles. The maximum atomic E-state index is 10.4. The number of benzene rings is 1. The molecule has 13 heavy (non-hydrogen) atoms. The van der Waals surface area contributed by atoms with Crippen molar-refractivity contribution in [1.29, 1.82) is 0 Å². The number of hydrogen-bond acceptors (Lipinski definition) is 2. The maximum absolute atomic E-state index is 10.4. The zero-order valence-corrected chi connectivity index (χ0v) is 9.03. The van der Waals surface area contributed by atoms with Gasteiger partial charge in [-0.3, -0.25) is 9.79 Å². The standard InChI is InChI=1S/C7H8BrO4P/c8-5-6-1-3-7(4-2-6)12-13(9,10)11/h1-4H,5H2,(H2,9,10,11). The minimum Gasteiger partial charge on any atom is -0.404 e. The lowest BCUT2D eigenvalue weighted by molar-refractivity contribution is 0.283. The van der Waals surface area contributed by atoms with Gasteiger partial charge in [-0.25, -0.2) is 4.57 Å². The molecule has 0 bridgehead atoms. The molecule has 0 aliphatic heterocycles. The van der Waals surface area contributed by atoms with E-state index in [-0.39, 0.29) is 5.75 Å². The summed E-state index contributed by atoms with van der Waals surface area (Å²) >= 11 is 3.25. The van der Waals surface area contributed by atoms with Crippen LogP contribution in [0, 0.1) is 0 Å². The van der Waals surface area contributed by atoms with E-state index in [4.69, 9.17) is 9.79 Å². The first-order chi connectivity index (χ1) is 6.01. The summed E-state index contributed by atoms with van der Waals surface area (Å²) < 4.78 is 14.8. The molecule has 1 rings (SSSR count). The van der Waals surface area contributed by atoms with Crippen molar-refractivity contribution < 1.29 is 18.9 Å². The Labute approximate surface area is 83.9 Å². The van der Waals surface area contributed by atoms with E-state index >= 15 is 0 Å². The van der Waals surface area contributed by atoms with E-state index in [2.05, 4.69) is 20.5 Å². The van der Waals surface area contributed by atoms with Gasteiger partial charge in [-0.05, 0) is 17.7 Å². The number of phosphoric acid groups is 1. The summed E-state index contributed by atoms with van der Waals surface area (Å²) in [6, 6.07) is 6.46. The van der Waals surface area contributed by atoms with E-state index < -0.39 is 7.82 Å². The Balaban J connectivity index is 2.76. The molecular formula is C7H8BrO4P. The zero-order chi connectivity index (χ0) is 9.90. The lowest BCUT2D eigenvalue weighted by atomic mass is 10.2. The molecule has 0 fully saturated rings. The predicted octanol–water partition coefficient (Wildman–Crippen LogP) is 2.05. The second-order valence-corrected chi connectivity index (χ2v) is 4.08. The molecule has 1 aromatic rings. The zero-order valence-electron chi connectivity index (χ0n) is 6.55. The number of hydrogen-bond donors (Lipinski definition) is 2. The van der Waals surface area contributed by atoms with Crippen molar-refractivity contribution >= 4 is 23.8 Å². The fourth-order valence-electron chi connectivity index (χ4n) is 0.777. The molecule has 4 nitrogen and oxygen atoms in total. The van der Waals surface area contributed by atoms with Crippen molar-refractivity contribution in [2.45, 2.75) is 5.33 Å². The molecule has 0 atom stereocenters. The summed E-state index contributed by atoms with van der Waals surface area (Å²) in [5, 5.41) is 0.698. The van der Waals surface area contributed by atoms with E-state index in [1.807, 2.05) is 0 Å². The van der Waals surface area contributed by atoms with Gasteiger partial charge >= 0.3 is 7.82 Å². The number of rotatable bonds is 3. The summed E-state index contributed by atoms with van der Waals surface area (Å²) in [6.45, 7) is 0. The fraction of sp³-hybridized carbons (Fsp3) is 0.143. The molecule has 0 saturated carbocycles. The highest BCUT2D eigenvalue weighted by molar-refractivity contribution is 9.08. The minimum atomic E-state index is -4.42. The van der Waals surface area contributed by atoms with Gasteiger partial charge in [0.15, 0.2) is 0 Å². The van der Waals surface area contributed by atoms with Crippen LogP contribution in [-0.2, 0) is 9.90 Å². The van der Waals surface area contributed by atoms with Crippen LogP contribution in [0.2, 0.25) is 0 Å². The topological polar surface area (TPSA) is 66.8 Å². The fourth-order valence-corrected chi connectivity index (χ4v) is 1.55. The molecule has 0 aliphatic carbocycles. The first-order valence-electron chi connectivity index (χ1n) is 3.41. The van der Waals surface area contributed by atoms with Crippen LogP contribution in [-0.4, -0.2) is 9.79 Å². The largest absolute Gasteiger partial charge is 0.524 e. The van der Waals surface area contributed by atoms with Gasteiger partial charge < -0.3 is 4.52 Å². The third kappa shape index (κ3) is 3.91. The van der Waals surface area contributed by atoms with Gasteiger partial charge in [0, 0.05) is 5.33 Å². The third-order valence-electron chi connectivity index (χ3n) is 1.30. The lowest BCUT2D eigenvalue weighted by Crippen LogP contribution is -1.89. The highest BCUT2D eigenvalue weighted by Gasteiger charge is 2.15. The van der Waals surface area contributed by atoms with Crippen molar-refractivity contribution in [3.05, 3.63) is 29.8 Å². The van der Waals surface area contributed by atoms with E-state index in [0.29, 0.717) is 5.33 Å². The maximum Gasteiger partial charge on any atom is 0.524 e. The molecule has 72 valence electrons. The van der Waals surface area contributed by atoms with Gasteiger partial charge in [-0.2, -0.15) is 0 Å². The molecule has 0 spiro atoms. The average molecular weight is 267 g/mol. The second-order valence-electron chi connectivity index (χ2n) is 2.36. The molecule has 0 aromatic heterocycles. The van der Waals surface area contributed by atoms with Crippen molar-refractivity contribution in [3.8, 4) is 5.75 Å². The molecule has 0 radical (unpaired) electrons. The average Bonchev–Trinajstić information content (AvgIpc) is 2.03. The van der Waals surface area contributed by atoms with E-state index in [0.717, 1.165) is 5.56 Å². The smallest absolute Gasteiger partial charge is 0.404 e. The molecular weight excluding hydrogens is 259 g/mol. The molecule has 0 amide bonds. The normalized spacial score (nSPS) is 11.3. The molecule has 6 heteroatoms. The van der Waals surface area contributed by atoms with Gasteiger partial charge in [-0.1, -0.05) is 28.1 Å². The Morgan fingerprint density at radius 2 is 1.85 bits per heavy atom. The monoisotopic (exact) mass is 266 g/mol. The van der Waals surface area contributed by atoms with Crippen molar-refractivity contribution in [1.82, 2.24) is 0 Å². The summed E-state index contributed by atoms with van der Waals surface area (Å²) in [5.74, 6) is 0.165.